The molecule has 2 amide bonds. The molecular formula is C20H22N4O3S. The fraction of sp³-hybridized carbons (Fsp3) is 0.350. The monoisotopic (exact) mass is 398 g/mol. The van der Waals surface area contributed by atoms with E-state index in [9.17, 15) is 9.59 Å². The second kappa shape index (κ2) is 7.73. The highest BCUT2D eigenvalue weighted by atomic mass is 32.1. The Morgan fingerprint density at radius 3 is 2.89 bits per heavy atom. The van der Waals surface area contributed by atoms with E-state index >= 15 is 0 Å². The summed E-state index contributed by atoms with van der Waals surface area (Å²) in [5.41, 5.74) is 1.82. The van der Waals surface area contributed by atoms with E-state index in [0.717, 1.165) is 35.4 Å². The molecule has 8 heteroatoms. The van der Waals surface area contributed by atoms with Crippen LogP contribution in [0, 0.1) is 6.92 Å². The fourth-order valence-corrected chi connectivity index (χ4v) is 4.42. The van der Waals surface area contributed by atoms with Crippen molar-refractivity contribution in [3.8, 4) is 0 Å². The molecule has 0 bridgehead atoms. The van der Waals surface area contributed by atoms with Crippen molar-refractivity contribution in [3.05, 3.63) is 46.5 Å². The molecule has 3 heterocycles. The first kappa shape index (κ1) is 18.6. The van der Waals surface area contributed by atoms with Crippen molar-refractivity contribution < 1.29 is 14.3 Å². The summed E-state index contributed by atoms with van der Waals surface area (Å²) >= 11 is 1.38. The zero-order chi connectivity index (χ0) is 19.7. The lowest BCUT2D eigenvalue weighted by atomic mass is 10.1. The molecule has 7 nitrogen and oxygen atoms in total. The van der Waals surface area contributed by atoms with Crippen LogP contribution in [0.5, 0.6) is 0 Å². The van der Waals surface area contributed by atoms with Gasteiger partial charge in [0, 0.05) is 25.6 Å². The van der Waals surface area contributed by atoms with Crippen molar-refractivity contribution in [1.29, 1.82) is 0 Å². The van der Waals surface area contributed by atoms with Gasteiger partial charge in [-0.25, -0.2) is 0 Å². The molecule has 1 aromatic carbocycles. The minimum absolute atomic E-state index is 0.0705. The Bertz CT molecular complexity index is 999. The molecule has 1 aliphatic rings. The lowest BCUT2D eigenvalue weighted by molar-refractivity contribution is 0.0858. The van der Waals surface area contributed by atoms with Gasteiger partial charge in [0.05, 0.1) is 27.9 Å². The maximum atomic E-state index is 12.8. The third-order valence-corrected chi connectivity index (χ3v) is 6.05. The number of amides is 2. The van der Waals surface area contributed by atoms with Gasteiger partial charge >= 0.3 is 0 Å². The molecule has 0 unspecified atom stereocenters. The standard InChI is InChI=1S/C20H22N4O3S/c1-12-15-10-17(28-20(15)24(2)23-12)19(26)22-16-8-4-3-7-14(16)18(25)21-11-13-6-5-9-27-13/h3-4,7-8,10,13H,5-6,9,11H2,1-2H3,(H,21,25)(H,22,26)/t13-/m1/s1. The van der Waals surface area contributed by atoms with E-state index in [-0.39, 0.29) is 17.9 Å². The second-order valence-corrected chi connectivity index (χ2v) is 7.91. The molecule has 0 radical (unpaired) electrons. The Morgan fingerprint density at radius 2 is 2.14 bits per heavy atom. The van der Waals surface area contributed by atoms with Crippen molar-refractivity contribution in [3.63, 3.8) is 0 Å². The number of aromatic nitrogens is 2. The largest absolute Gasteiger partial charge is 0.376 e. The molecule has 1 saturated heterocycles. The van der Waals surface area contributed by atoms with Crippen LogP contribution in [0.15, 0.2) is 30.3 Å². The van der Waals surface area contributed by atoms with Crippen LogP contribution in [0.25, 0.3) is 10.2 Å². The van der Waals surface area contributed by atoms with Crippen molar-refractivity contribution in [2.24, 2.45) is 7.05 Å². The molecule has 0 spiro atoms. The average Bonchev–Trinajstić information content (AvgIpc) is 3.40. The molecule has 146 valence electrons. The molecule has 28 heavy (non-hydrogen) atoms. The van der Waals surface area contributed by atoms with Crippen molar-refractivity contribution in [2.75, 3.05) is 18.5 Å². The molecule has 2 N–H and O–H groups in total. The van der Waals surface area contributed by atoms with Crippen LogP contribution in [-0.4, -0.2) is 40.9 Å². The summed E-state index contributed by atoms with van der Waals surface area (Å²) in [5.74, 6) is -0.456. The molecule has 1 aliphatic heterocycles. The number of benzene rings is 1. The minimum atomic E-state index is -0.236. The van der Waals surface area contributed by atoms with Crippen molar-refractivity contribution in [1.82, 2.24) is 15.1 Å². The Labute approximate surface area is 166 Å². The zero-order valence-electron chi connectivity index (χ0n) is 15.8. The first-order valence-electron chi connectivity index (χ1n) is 9.26. The lowest BCUT2D eigenvalue weighted by Crippen LogP contribution is -2.32. The van der Waals surface area contributed by atoms with Gasteiger partial charge in [0.15, 0.2) is 0 Å². The quantitative estimate of drug-likeness (QED) is 0.692. The van der Waals surface area contributed by atoms with Gasteiger partial charge in [0.1, 0.15) is 4.83 Å². The van der Waals surface area contributed by atoms with E-state index in [1.807, 2.05) is 20.0 Å². The Morgan fingerprint density at radius 1 is 1.32 bits per heavy atom. The number of aryl methyl sites for hydroxylation is 2. The van der Waals surface area contributed by atoms with Crippen molar-refractivity contribution in [2.45, 2.75) is 25.9 Å². The number of para-hydroxylation sites is 1. The topological polar surface area (TPSA) is 85.2 Å². The van der Waals surface area contributed by atoms with Crippen LogP contribution in [0.1, 0.15) is 38.6 Å². The van der Waals surface area contributed by atoms with Gasteiger partial charge < -0.3 is 15.4 Å². The van der Waals surface area contributed by atoms with E-state index in [4.69, 9.17) is 4.74 Å². The van der Waals surface area contributed by atoms with Gasteiger partial charge in [-0.15, -0.1) is 11.3 Å². The van der Waals surface area contributed by atoms with Crippen LogP contribution < -0.4 is 10.6 Å². The summed E-state index contributed by atoms with van der Waals surface area (Å²) in [5, 5.41) is 11.1. The summed E-state index contributed by atoms with van der Waals surface area (Å²) in [6, 6.07) is 8.87. The summed E-state index contributed by atoms with van der Waals surface area (Å²) in [7, 11) is 1.86. The highest BCUT2D eigenvalue weighted by Gasteiger charge is 2.20. The van der Waals surface area contributed by atoms with Crippen LogP contribution >= 0.6 is 11.3 Å². The van der Waals surface area contributed by atoms with Crippen LogP contribution in [0.3, 0.4) is 0 Å². The summed E-state index contributed by atoms with van der Waals surface area (Å²) < 4.78 is 7.32. The number of hydrogen-bond donors (Lipinski definition) is 2. The number of thiophene rings is 1. The number of nitrogens with zero attached hydrogens (tertiary/aromatic N) is 2. The van der Waals surface area contributed by atoms with Crippen LogP contribution in [-0.2, 0) is 11.8 Å². The van der Waals surface area contributed by atoms with E-state index in [1.165, 1.54) is 11.3 Å². The molecule has 1 atom stereocenters. The first-order chi connectivity index (χ1) is 13.5. The number of rotatable bonds is 5. The summed E-state index contributed by atoms with van der Waals surface area (Å²) in [6.45, 7) is 3.14. The van der Waals surface area contributed by atoms with Gasteiger partial charge in [-0.2, -0.15) is 5.10 Å². The fourth-order valence-electron chi connectivity index (χ4n) is 3.40. The number of nitrogens with one attached hydrogen (secondary N) is 2. The predicted octanol–water partition coefficient (Wildman–Crippen LogP) is 3.10. The van der Waals surface area contributed by atoms with Gasteiger partial charge in [0.25, 0.3) is 11.8 Å². The molecule has 2 aromatic heterocycles. The van der Waals surface area contributed by atoms with E-state index < -0.39 is 0 Å². The zero-order valence-corrected chi connectivity index (χ0v) is 16.6. The van der Waals surface area contributed by atoms with Crippen molar-refractivity contribution >= 4 is 39.1 Å². The van der Waals surface area contributed by atoms with Gasteiger partial charge in [-0.05, 0) is 38.0 Å². The highest BCUT2D eigenvalue weighted by molar-refractivity contribution is 7.20. The van der Waals surface area contributed by atoms with Gasteiger partial charge in [-0.3, -0.25) is 14.3 Å². The summed E-state index contributed by atoms with van der Waals surface area (Å²) in [4.78, 5) is 26.9. The number of carbonyl (C=O) groups is 2. The van der Waals surface area contributed by atoms with Crippen LogP contribution in [0.2, 0.25) is 0 Å². The third kappa shape index (κ3) is 3.65. The SMILES string of the molecule is Cc1nn(C)c2sc(C(=O)Nc3ccccc3C(=O)NC[C@H]3CCCO3)cc12. The molecule has 0 aliphatic carbocycles. The summed E-state index contributed by atoms with van der Waals surface area (Å²) in [6.07, 6.45) is 2.05. The van der Waals surface area contributed by atoms with E-state index in [1.54, 1.807) is 28.9 Å². The van der Waals surface area contributed by atoms with E-state index in [0.29, 0.717) is 22.7 Å². The normalized spacial score (nSPS) is 16.4. The number of ether oxygens (including phenoxy) is 1. The molecule has 3 aromatic rings. The van der Waals surface area contributed by atoms with Gasteiger partial charge in [0.2, 0.25) is 0 Å². The molecule has 1 fully saturated rings. The smallest absolute Gasteiger partial charge is 0.265 e. The maximum absolute atomic E-state index is 12.8. The average molecular weight is 398 g/mol. The van der Waals surface area contributed by atoms with Crippen LogP contribution in [0.4, 0.5) is 5.69 Å². The second-order valence-electron chi connectivity index (χ2n) is 6.88. The highest BCUT2D eigenvalue weighted by Crippen LogP contribution is 2.28. The Hall–Kier alpha value is -2.71. The predicted molar refractivity (Wildman–Crippen MR) is 109 cm³/mol. The lowest BCUT2D eigenvalue weighted by Gasteiger charge is -2.13. The number of carbonyl (C=O) groups excluding carboxylic acids is 2. The number of anilines is 1. The Balaban J connectivity index is 1.49. The number of fused-ring (bicyclic) bond motifs is 1. The third-order valence-electron chi connectivity index (χ3n) is 4.85. The Kier molecular flexibility index (Phi) is 5.15. The maximum Gasteiger partial charge on any atom is 0.265 e. The molecular weight excluding hydrogens is 376 g/mol. The number of hydrogen-bond acceptors (Lipinski definition) is 5. The van der Waals surface area contributed by atoms with Gasteiger partial charge in [-0.1, -0.05) is 12.1 Å². The van der Waals surface area contributed by atoms with E-state index in [2.05, 4.69) is 15.7 Å². The minimum Gasteiger partial charge on any atom is -0.376 e. The first-order valence-corrected chi connectivity index (χ1v) is 10.1. The molecule has 4 rings (SSSR count). The molecule has 0 saturated carbocycles.